The van der Waals surface area contributed by atoms with E-state index in [1.165, 1.54) is 0 Å². The first kappa shape index (κ1) is 20.0. The zero-order valence-corrected chi connectivity index (χ0v) is 17.7. The largest absolute Gasteiger partial charge is 0.321 e. The molecule has 0 spiro atoms. The molecule has 3 nitrogen and oxygen atoms in total. The van der Waals surface area contributed by atoms with Gasteiger partial charge < -0.3 is 5.32 Å². The van der Waals surface area contributed by atoms with Crippen LogP contribution in [0, 0.1) is 0 Å². The Kier molecular flexibility index (Phi) is 5.66. The molecule has 1 amide bonds. The Morgan fingerprint density at radius 2 is 1.62 bits per heavy atom. The fourth-order valence-electron chi connectivity index (χ4n) is 2.99. The number of para-hydroxylation sites is 1. The monoisotopic (exact) mass is 460 g/mol. The number of benzene rings is 3. The molecule has 0 aliphatic heterocycles. The topological polar surface area (TPSA) is 42.0 Å². The maximum Gasteiger partial charge on any atom is 0.256 e. The van der Waals surface area contributed by atoms with Gasteiger partial charge in [-0.2, -0.15) is 0 Å². The number of pyridine rings is 1. The number of fused-ring (bicyclic) bond motifs is 1. The molecule has 0 saturated heterocycles. The Morgan fingerprint density at radius 1 is 0.828 bits per heavy atom. The van der Waals surface area contributed by atoms with Crippen molar-refractivity contribution in [1.29, 1.82) is 0 Å². The number of nitrogens with one attached hydrogen (secondary N) is 1. The lowest BCUT2D eigenvalue weighted by atomic mass is 10.0. The van der Waals surface area contributed by atoms with E-state index in [0.29, 0.717) is 48.5 Å². The SMILES string of the molecule is O=C(Nc1cccc(Cl)c1Cl)c1cc(-c2ccc(Cl)cc2Cl)nc2ccccc12. The standard InChI is InChI=1S/C22H12Cl4N2O/c23-12-8-9-14(17(25)10-12)20-11-15(13-4-1-2-6-18(13)27-20)22(29)28-19-7-3-5-16(24)21(19)26/h1-11H,(H,28,29). The zero-order chi connectivity index (χ0) is 20.5. The molecular formula is C22H12Cl4N2O. The van der Waals surface area contributed by atoms with Gasteiger partial charge in [-0.1, -0.05) is 70.7 Å². The molecule has 4 aromatic rings. The first-order valence-electron chi connectivity index (χ1n) is 8.54. The third-order valence-corrected chi connectivity index (χ3v) is 5.73. The lowest BCUT2D eigenvalue weighted by molar-refractivity contribution is 0.102. The fourth-order valence-corrected chi connectivity index (χ4v) is 3.84. The van der Waals surface area contributed by atoms with Crippen LogP contribution in [0.25, 0.3) is 22.2 Å². The molecule has 0 fully saturated rings. The molecule has 3 aromatic carbocycles. The molecular weight excluding hydrogens is 450 g/mol. The quantitative estimate of drug-likeness (QED) is 0.338. The van der Waals surface area contributed by atoms with E-state index >= 15 is 0 Å². The van der Waals surface area contributed by atoms with Crippen molar-refractivity contribution in [2.24, 2.45) is 0 Å². The van der Waals surface area contributed by atoms with Crippen LogP contribution in [-0.4, -0.2) is 10.9 Å². The van der Waals surface area contributed by atoms with E-state index in [1.807, 2.05) is 24.3 Å². The van der Waals surface area contributed by atoms with Crippen molar-refractivity contribution in [3.8, 4) is 11.3 Å². The molecule has 0 aliphatic carbocycles. The van der Waals surface area contributed by atoms with Crippen molar-refractivity contribution in [2.75, 3.05) is 5.32 Å². The summed E-state index contributed by atoms with van der Waals surface area (Å²) in [6.07, 6.45) is 0. The minimum Gasteiger partial charge on any atom is -0.321 e. The van der Waals surface area contributed by atoms with Crippen LogP contribution in [0.3, 0.4) is 0 Å². The molecule has 1 aromatic heterocycles. The second-order valence-electron chi connectivity index (χ2n) is 6.25. The maximum atomic E-state index is 13.1. The molecule has 29 heavy (non-hydrogen) atoms. The Labute approximate surface area is 187 Å². The molecule has 7 heteroatoms. The average molecular weight is 462 g/mol. The van der Waals surface area contributed by atoms with Crippen LogP contribution in [0.5, 0.6) is 0 Å². The van der Waals surface area contributed by atoms with E-state index < -0.39 is 0 Å². The number of aromatic nitrogens is 1. The highest BCUT2D eigenvalue weighted by molar-refractivity contribution is 6.44. The summed E-state index contributed by atoms with van der Waals surface area (Å²) in [4.78, 5) is 17.8. The predicted molar refractivity (Wildman–Crippen MR) is 122 cm³/mol. The molecule has 1 N–H and O–H groups in total. The third kappa shape index (κ3) is 4.05. The summed E-state index contributed by atoms with van der Waals surface area (Å²) in [7, 11) is 0. The summed E-state index contributed by atoms with van der Waals surface area (Å²) in [5, 5.41) is 5.14. The van der Waals surface area contributed by atoms with Crippen LogP contribution < -0.4 is 5.32 Å². The summed E-state index contributed by atoms with van der Waals surface area (Å²) >= 11 is 24.6. The van der Waals surface area contributed by atoms with Crippen molar-refractivity contribution < 1.29 is 4.79 Å². The first-order chi connectivity index (χ1) is 13.9. The summed E-state index contributed by atoms with van der Waals surface area (Å²) in [6, 6.07) is 19.3. The summed E-state index contributed by atoms with van der Waals surface area (Å²) in [5.74, 6) is -0.334. The van der Waals surface area contributed by atoms with Crippen LogP contribution >= 0.6 is 46.4 Å². The Bertz CT molecular complexity index is 1260. The highest BCUT2D eigenvalue weighted by Crippen LogP contribution is 2.33. The van der Waals surface area contributed by atoms with Crippen molar-refractivity contribution in [1.82, 2.24) is 4.98 Å². The van der Waals surface area contributed by atoms with Gasteiger partial charge >= 0.3 is 0 Å². The van der Waals surface area contributed by atoms with Crippen LogP contribution in [0.15, 0.2) is 66.7 Å². The lowest BCUT2D eigenvalue weighted by Gasteiger charge is -2.12. The Hall–Kier alpha value is -2.30. The summed E-state index contributed by atoms with van der Waals surface area (Å²) < 4.78 is 0. The van der Waals surface area contributed by atoms with Gasteiger partial charge in [0.15, 0.2) is 0 Å². The molecule has 1 heterocycles. The van der Waals surface area contributed by atoms with Crippen LogP contribution in [-0.2, 0) is 0 Å². The molecule has 0 bridgehead atoms. The van der Waals surface area contributed by atoms with E-state index in [4.69, 9.17) is 46.4 Å². The average Bonchev–Trinajstić information content (AvgIpc) is 2.70. The van der Waals surface area contributed by atoms with E-state index in [-0.39, 0.29) is 10.9 Å². The number of hydrogen-bond acceptors (Lipinski definition) is 2. The predicted octanol–water partition coefficient (Wildman–Crippen LogP) is 7.77. The Morgan fingerprint density at radius 3 is 2.41 bits per heavy atom. The molecule has 0 saturated carbocycles. The van der Waals surface area contributed by atoms with Gasteiger partial charge in [-0.3, -0.25) is 4.79 Å². The minimum atomic E-state index is -0.334. The number of hydrogen-bond donors (Lipinski definition) is 1. The number of rotatable bonds is 3. The smallest absolute Gasteiger partial charge is 0.256 e. The second-order valence-corrected chi connectivity index (χ2v) is 7.88. The first-order valence-corrected chi connectivity index (χ1v) is 10.1. The number of halogens is 4. The van der Waals surface area contributed by atoms with E-state index in [9.17, 15) is 4.79 Å². The highest BCUT2D eigenvalue weighted by atomic mass is 35.5. The molecule has 144 valence electrons. The molecule has 0 atom stereocenters. The van der Waals surface area contributed by atoms with E-state index in [0.717, 1.165) is 0 Å². The van der Waals surface area contributed by atoms with Crippen LogP contribution in [0.1, 0.15) is 10.4 Å². The molecule has 0 unspecified atom stereocenters. The number of carbonyl (C=O) groups excluding carboxylic acids is 1. The molecule has 0 aliphatic rings. The molecule has 4 rings (SSSR count). The van der Waals surface area contributed by atoms with Gasteiger partial charge in [-0.25, -0.2) is 4.98 Å². The van der Waals surface area contributed by atoms with Gasteiger partial charge in [0.2, 0.25) is 0 Å². The normalized spacial score (nSPS) is 10.9. The van der Waals surface area contributed by atoms with Crippen molar-refractivity contribution in [3.63, 3.8) is 0 Å². The number of carbonyl (C=O) groups is 1. The zero-order valence-electron chi connectivity index (χ0n) is 14.7. The van der Waals surface area contributed by atoms with Crippen molar-refractivity contribution >= 4 is 68.9 Å². The van der Waals surface area contributed by atoms with E-state index in [2.05, 4.69) is 10.3 Å². The van der Waals surface area contributed by atoms with Gasteiger partial charge in [0.1, 0.15) is 0 Å². The number of nitrogens with zero attached hydrogens (tertiary/aromatic N) is 1. The third-order valence-electron chi connectivity index (χ3n) is 4.37. The van der Waals surface area contributed by atoms with Gasteiger partial charge in [-0.15, -0.1) is 0 Å². The number of anilines is 1. The van der Waals surface area contributed by atoms with Gasteiger partial charge in [-0.05, 0) is 42.5 Å². The van der Waals surface area contributed by atoms with Crippen LogP contribution in [0.4, 0.5) is 5.69 Å². The Balaban J connectivity index is 1.84. The van der Waals surface area contributed by atoms with Crippen LogP contribution in [0.2, 0.25) is 20.1 Å². The van der Waals surface area contributed by atoms with Gasteiger partial charge in [0.25, 0.3) is 5.91 Å². The number of amides is 1. The van der Waals surface area contributed by atoms with E-state index in [1.54, 1.807) is 42.5 Å². The van der Waals surface area contributed by atoms with Gasteiger partial charge in [0.05, 0.1) is 37.5 Å². The van der Waals surface area contributed by atoms with Gasteiger partial charge in [0, 0.05) is 16.0 Å². The van der Waals surface area contributed by atoms with Crippen molar-refractivity contribution in [2.45, 2.75) is 0 Å². The molecule has 0 radical (unpaired) electrons. The highest BCUT2D eigenvalue weighted by Gasteiger charge is 2.17. The fraction of sp³-hybridized carbons (Fsp3) is 0. The lowest BCUT2D eigenvalue weighted by Crippen LogP contribution is -2.13. The minimum absolute atomic E-state index is 0.279. The second kappa shape index (κ2) is 8.21. The van der Waals surface area contributed by atoms with Crippen molar-refractivity contribution in [3.05, 3.63) is 92.4 Å². The maximum absolute atomic E-state index is 13.1. The summed E-state index contributed by atoms with van der Waals surface area (Å²) in [6.45, 7) is 0. The summed E-state index contributed by atoms with van der Waals surface area (Å²) in [5.41, 5.74) is 2.77.